The van der Waals surface area contributed by atoms with Gasteiger partial charge in [-0.3, -0.25) is 4.79 Å². The molecule has 2 heterocycles. The van der Waals surface area contributed by atoms with Gasteiger partial charge in [-0.25, -0.2) is 4.52 Å². The summed E-state index contributed by atoms with van der Waals surface area (Å²) in [7, 11) is 0. The Labute approximate surface area is 122 Å². The van der Waals surface area contributed by atoms with Gasteiger partial charge in [0, 0.05) is 12.2 Å². The van der Waals surface area contributed by atoms with Crippen molar-refractivity contribution in [1.82, 2.24) is 9.61 Å². The number of amides is 1. The van der Waals surface area contributed by atoms with Crippen LogP contribution in [0.4, 0.5) is 5.69 Å². The fraction of sp³-hybridized carbons (Fsp3) is 0.400. The van der Waals surface area contributed by atoms with Crippen LogP contribution in [0.2, 0.25) is 0 Å². The molecule has 2 atom stereocenters. The molecular weight excluding hydrogens is 266 g/mol. The summed E-state index contributed by atoms with van der Waals surface area (Å²) in [5, 5.41) is 17.0. The second-order valence-electron chi connectivity index (χ2n) is 5.75. The number of fused-ring (bicyclic) bond motifs is 1. The highest BCUT2D eigenvalue weighted by Gasteiger charge is 2.39. The van der Waals surface area contributed by atoms with E-state index in [0.717, 1.165) is 24.8 Å². The normalized spacial score (nSPS) is 24.9. The summed E-state index contributed by atoms with van der Waals surface area (Å²) in [4.78, 5) is 11.7. The van der Waals surface area contributed by atoms with E-state index in [1.165, 1.54) is 6.20 Å². The molecule has 3 rings (SSSR count). The molecule has 6 nitrogen and oxygen atoms in total. The third-order valence-electron chi connectivity index (χ3n) is 4.36. The van der Waals surface area contributed by atoms with Crippen molar-refractivity contribution >= 4 is 17.1 Å². The lowest BCUT2D eigenvalue weighted by atomic mass is 9.86. The van der Waals surface area contributed by atoms with E-state index in [4.69, 9.17) is 5.73 Å². The Bertz CT molecular complexity index is 744. The maximum absolute atomic E-state index is 11.7. The number of aromatic nitrogens is 2. The van der Waals surface area contributed by atoms with E-state index in [9.17, 15) is 10.1 Å². The zero-order valence-electron chi connectivity index (χ0n) is 11.8. The lowest BCUT2D eigenvalue weighted by molar-refractivity contribution is 0.100. The number of nitrogens with two attached hydrogens (primary N) is 1. The van der Waals surface area contributed by atoms with Crippen LogP contribution in [0.1, 0.15) is 36.5 Å². The summed E-state index contributed by atoms with van der Waals surface area (Å²) < 4.78 is 1.69. The van der Waals surface area contributed by atoms with Crippen molar-refractivity contribution in [3.05, 3.63) is 30.1 Å². The topological polar surface area (TPSA) is 96.2 Å². The Hall–Kier alpha value is -2.55. The van der Waals surface area contributed by atoms with Gasteiger partial charge >= 0.3 is 0 Å². The molecule has 0 aromatic carbocycles. The highest BCUT2D eigenvalue weighted by atomic mass is 16.1. The molecule has 21 heavy (non-hydrogen) atoms. The molecule has 0 radical (unpaired) electrons. The Morgan fingerprint density at radius 3 is 3.19 bits per heavy atom. The van der Waals surface area contributed by atoms with Gasteiger partial charge in [-0.2, -0.15) is 10.4 Å². The van der Waals surface area contributed by atoms with Crippen molar-refractivity contribution < 1.29 is 4.79 Å². The maximum atomic E-state index is 11.7. The zero-order valence-corrected chi connectivity index (χ0v) is 11.8. The molecule has 1 aliphatic rings. The highest BCUT2D eigenvalue weighted by molar-refractivity contribution is 6.01. The van der Waals surface area contributed by atoms with Gasteiger partial charge in [-0.1, -0.05) is 0 Å². The van der Waals surface area contributed by atoms with Gasteiger partial charge in [0.25, 0.3) is 5.91 Å². The molecule has 1 saturated carbocycles. The number of hydrogen-bond acceptors (Lipinski definition) is 4. The Kier molecular flexibility index (Phi) is 3.05. The van der Waals surface area contributed by atoms with Crippen LogP contribution in [-0.2, 0) is 0 Å². The number of nitrogens with one attached hydrogen (secondary N) is 1. The summed E-state index contributed by atoms with van der Waals surface area (Å²) in [5.41, 5.74) is 6.83. The number of carbonyl (C=O) groups is 1. The molecule has 2 aromatic heterocycles. The minimum atomic E-state index is -0.523. The minimum Gasteiger partial charge on any atom is -0.378 e. The number of nitrogens with zero attached hydrogens (tertiary/aromatic N) is 3. The van der Waals surface area contributed by atoms with Gasteiger partial charge in [0.15, 0.2) is 0 Å². The van der Waals surface area contributed by atoms with E-state index in [1.807, 2.05) is 25.3 Å². The van der Waals surface area contributed by atoms with Crippen molar-refractivity contribution in [2.24, 2.45) is 11.1 Å². The first kappa shape index (κ1) is 13.4. The van der Waals surface area contributed by atoms with Crippen molar-refractivity contribution in [2.45, 2.75) is 32.2 Å². The number of rotatable bonds is 3. The van der Waals surface area contributed by atoms with Gasteiger partial charge in [-0.15, -0.1) is 0 Å². The van der Waals surface area contributed by atoms with Crippen molar-refractivity contribution in [2.75, 3.05) is 5.32 Å². The van der Waals surface area contributed by atoms with Crippen LogP contribution in [0.25, 0.3) is 5.52 Å². The molecule has 0 aliphatic heterocycles. The first-order chi connectivity index (χ1) is 10.0. The van der Waals surface area contributed by atoms with E-state index >= 15 is 0 Å². The van der Waals surface area contributed by atoms with Crippen LogP contribution < -0.4 is 11.1 Å². The molecule has 1 fully saturated rings. The van der Waals surface area contributed by atoms with E-state index in [1.54, 1.807) is 4.52 Å². The summed E-state index contributed by atoms with van der Waals surface area (Å²) >= 11 is 0. The minimum absolute atomic E-state index is 0.00157. The maximum Gasteiger partial charge on any atom is 0.252 e. The van der Waals surface area contributed by atoms with Crippen LogP contribution in [-0.4, -0.2) is 21.6 Å². The first-order valence-corrected chi connectivity index (χ1v) is 6.99. The van der Waals surface area contributed by atoms with Crippen LogP contribution in [0.5, 0.6) is 0 Å². The van der Waals surface area contributed by atoms with E-state index in [-0.39, 0.29) is 6.04 Å². The Balaban J connectivity index is 2.07. The third kappa shape index (κ3) is 2.11. The summed E-state index contributed by atoms with van der Waals surface area (Å²) in [6.45, 7) is 1.96. The second kappa shape index (κ2) is 4.77. The first-order valence-electron chi connectivity index (χ1n) is 6.99. The fourth-order valence-electron chi connectivity index (χ4n) is 3.04. The summed E-state index contributed by atoms with van der Waals surface area (Å²) in [5.74, 6) is -0.523. The van der Waals surface area contributed by atoms with Crippen LogP contribution >= 0.6 is 0 Å². The average Bonchev–Trinajstić information content (AvgIpc) is 3.07. The molecule has 0 spiro atoms. The molecule has 6 heteroatoms. The second-order valence-corrected chi connectivity index (χ2v) is 5.75. The Morgan fingerprint density at radius 2 is 2.48 bits per heavy atom. The number of primary amides is 1. The zero-order chi connectivity index (χ0) is 15.0. The summed E-state index contributed by atoms with van der Waals surface area (Å²) in [6, 6.07) is 6.13. The van der Waals surface area contributed by atoms with Gasteiger partial charge in [0.05, 0.1) is 34.4 Å². The van der Waals surface area contributed by atoms with Gasteiger partial charge in [0.1, 0.15) is 0 Å². The molecule has 0 unspecified atom stereocenters. The molecule has 0 saturated heterocycles. The average molecular weight is 283 g/mol. The molecular formula is C15H17N5O. The largest absolute Gasteiger partial charge is 0.378 e. The number of anilines is 1. The smallest absolute Gasteiger partial charge is 0.252 e. The molecule has 3 N–H and O–H groups in total. The van der Waals surface area contributed by atoms with Crippen molar-refractivity contribution in [1.29, 1.82) is 5.26 Å². The summed E-state index contributed by atoms with van der Waals surface area (Å²) in [6.07, 6.45) is 6.03. The quantitative estimate of drug-likeness (QED) is 0.899. The van der Waals surface area contributed by atoms with Crippen LogP contribution in [0, 0.1) is 16.7 Å². The fourth-order valence-corrected chi connectivity index (χ4v) is 3.04. The van der Waals surface area contributed by atoms with Gasteiger partial charge < -0.3 is 11.1 Å². The molecule has 1 aliphatic carbocycles. The van der Waals surface area contributed by atoms with Gasteiger partial charge in [-0.05, 0) is 38.3 Å². The Morgan fingerprint density at radius 1 is 1.67 bits per heavy atom. The SMILES string of the molecule is C[C@@]1(C#N)CCC[C@H]1Nc1c(C(N)=O)cnn2cccc12. The lowest BCUT2D eigenvalue weighted by Gasteiger charge is -2.27. The number of nitriles is 1. The molecule has 108 valence electrons. The standard InChI is InChI=1S/C15H17N5O/c1-15(9-16)6-2-5-12(15)19-13-10(14(17)21)8-18-20-7-3-4-11(13)20/h3-4,7-8,12,19H,2,5-6H2,1H3,(H2,17,21)/t12-,15+/m1/s1. The van der Waals surface area contributed by atoms with Crippen molar-refractivity contribution in [3.8, 4) is 6.07 Å². The molecule has 1 amide bonds. The predicted octanol–water partition coefficient (Wildman–Crippen LogP) is 1.93. The van der Waals surface area contributed by atoms with Crippen LogP contribution in [0.15, 0.2) is 24.5 Å². The monoisotopic (exact) mass is 283 g/mol. The molecule has 2 aromatic rings. The van der Waals surface area contributed by atoms with Crippen molar-refractivity contribution in [3.63, 3.8) is 0 Å². The van der Waals surface area contributed by atoms with E-state index in [0.29, 0.717) is 11.3 Å². The van der Waals surface area contributed by atoms with Gasteiger partial charge in [0.2, 0.25) is 0 Å². The number of hydrogen-bond donors (Lipinski definition) is 2. The molecule has 0 bridgehead atoms. The van der Waals surface area contributed by atoms with E-state index < -0.39 is 11.3 Å². The lowest BCUT2D eigenvalue weighted by Crippen LogP contribution is -2.33. The third-order valence-corrected chi connectivity index (χ3v) is 4.36. The number of carbonyl (C=O) groups excluding carboxylic acids is 1. The predicted molar refractivity (Wildman–Crippen MR) is 78.7 cm³/mol. The van der Waals surface area contributed by atoms with E-state index in [2.05, 4.69) is 16.5 Å². The highest BCUT2D eigenvalue weighted by Crippen LogP contribution is 2.40. The van der Waals surface area contributed by atoms with Crippen LogP contribution in [0.3, 0.4) is 0 Å².